The van der Waals surface area contributed by atoms with Gasteiger partial charge < -0.3 is 15.5 Å². The smallest absolute Gasteiger partial charge is 0.245 e. The minimum atomic E-state index is -0.309. The van der Waals surface area contributed by atoms with Crippen molar-refractivity contribution in [3.05, 3.63) is 0 Å². The molecule has 1 aliphatic heterocycles. The summed E-state index contributed by atoms with van der Waals surface area (Å²) in [4.78, 5) is 25.9. The average molecular weight is 267 g/mol. The SMILES string of the molecule is CC(=O)NC(C(=O)N1CCNCC1)C1CCCCC1. The molecule has 2 amide bonds. The lowest BCUT2D eigenvalue weighted by molar-refractivity contribution is -0.138. The van der Waals surface area contributed by atoms with Crippen molar-refractivity contribution in [3.8, 4) is 0 Å². The molecule has 1 atom stereocenters. The largest absolute Gasteiger partial charge is 0.344 e. The summed E-state index contributed by atoms with van der Waals surface area (Å²) in [5.74, 6) is 0.336. The standard InChI is InChI=1S/C14H25N3O2/c1-11(18)16-13(12-5-3-2-4-6-12)14(19)17-9-7-15-8-10-17/h12-13,15H,2-10H2,1H3,(H,16,18). The number of carbonyl (C=O) groups excluding carboxylic acids is 2. The Morgan fingerprint density at radius 3 is 2.37 bits per heavy atom. The van der Waals surface area contributed by atoms with Gasteiger partial charge in [0.2, 0.25) is 11.8 Å². The maximum Gasteiger partial charge on any atom is 0.245 e. The molecule has 0 radical (unpaired) electrons. The lowest BCUT2D eigenvalue weighted by atomic mass is 9.83. The Morgan fingerprint density at radius 1 is 1.16 bits per heavy atom. The maximum atomic E-state index is 12.6. The van der Waals surface area contributed by atoms with E-state index in [1.165, 1.54) is 26.2 Å². The first-order chi connectivity index (χ1) is 9.18. The van der Waals surface area contributed by atoms with Gasteiger partial charge in [-0.2, -0.15) is 0 Å². The fraction of sp³-hybridized carbons (Fsp3) is 0.857. The second-order valence-corrected chi connectivity index (χ2v) is 5.65. The van der Waals surface area contributed by atoms with Crippen LogP contribution in [0.3, 0.4) is 0 Å². The Morgan fingerprint density at radius 2 is 1.79 bits per heavy atom. The summed E-state index contributed by atoms with van der Waals surface area (Å²) in [6.07, 6.45) is 5.72. The lowest BCUT2D eigenvalue weighted by Gasteiger charge is -2.35. The third kappa shape index (κ3) is 3.93. The van der Waals surface area contributed by atoms with Gasteiger partial charge in [0.25, 0.3) is 0 Å². The summed E-state index contributed by atoms with van der Waals surface area (Å²) in [7, 11) is 0. The Bertz CT molecular complexity index is 321. The van der Waals surface area contributed by atoms with E-state index in [0.717, 1.165) is 39.0 Å². The molecule has 0 spiro atoms. The van der Waals surface area contributed by atoms with Crippen molar-refractivity contribution < 1.29 is 9.59 Å². The number of amides is 2. The summed E-state index contributed by atoms with van der Waals surface area (Å²) in [6, 6.07) is -0.309. The number of nitrogens with one attached hydrogen (secondary N) is 2. The Labute approximate surface area is 115 Å². The molecule has 2 aliphatic rings. The van der Waals surface area contributed by atoms with Crippen LogP contribution in [0.25, 0.3) is 0 Å². The molecule has 19 heavy (non-hydrogen) atoms. The molecule has 2 fully saturated rings. The van der Waals surface area contributed by atoms with Gasteiger partial charge in [0, 0.05) is 33.1 Å². The van der Waals surface area contributed by atoms with Crippen LogP contribution in [-0.4, -0.2) is 48.9 Å². The molecular formula is C14H25N3O2. The van der Waals surface area contributed by atoms with Gasteiger partial charge in [-0.3, -0.25) is 9.59 Å². The molecule has 0 bridgehead atoms. The van der Waals surface area contributed by atoms with Crippen LogP contribution in [0.4, 0.5) is 0 Å². The number of rotatable bonds is 3. The molecule has 1 saturated heterocycles. The summed E-state index contributed by atoms with van der Waals surface area (Å²) in [5, 5.41) is 6.14. The molecule has 1 heterocycles. The fourth-order valence-electron chi connectivity index (χ4n) is 3.15. The molecule has 0 aromatic rings. The van der Waals surface area contributed by atoms with Crippen molar-refractivity contribution in [2.75, 3.05) is 26.2 Å². The van der Waals surface area contributed by atoms with Gasteiger partial charge in [0.05, 0.1) is 0 Å². The van der Waals surface area contributed by atoms with Crippen LogP contribution >= 0.6 is 0 Å². The van der Waals surface area contributed by atoms with Crippen molar-refractivity contribution in [3.63, 3.8) is 0 Å². The van der Waals surface area contributed by atoms with Gasteiger partial charge in [0.15, 0.2) is 0 Å². The van der Waals surface area contributed by atoms with Crippen molar-refractivity contribution in [1.29, 1.82) is 0 Å². The highest BCUT2D eigenvalue weighted by Crippen LogP contribution is 2.27. The zero-order chi connectivity index (χ0) is 13.7. The molecule has 1 saturated carbocycles. The molecule has 2 rings (SSSR count). The molecule has 1 unspecified atom stereocenters. The van der Waals surface area contributed by atoms with Gasteiger partial charge >= 0.3 is 0 Å². The summed E-state index contributed by atoms with van der Waals surface area (Å²) >= 11 is 0. The molecule has 1 aliphatic carbocycles. The summed E-state index contributed by atoms with van der Waals surface area (Å²) < 4.78 is 0. The van der Waals surface area contributed by atoms with Crippen LogP contribution in [0.5, 0.6) is 0 Å². The quantitative estimate of drug-likeness (QED) is 0.783. The van der Waals surface area contributed by atoms with Gasteiger partial charge in [-0.05, 0) is 18.8 Å². The van der Waals surface area contributed by atoms with Gasteiger partial charge in [0.1, 0.15) is 6.04 Å². The van der Waals surface area contributed by atoms with Crippen LogP contribution in [0, 0.1) is 5.92 Å². The monoisotopic (exact) mass is 267 g/mol. The van der Waals surface area contributed by atoms with E-state index in [1.807, 2.05) is 4.90 Å². The van der Waals surface area contributed by atoms with Crippen LogP contribution in [0.1, 0.15) is 39.0 Å². The number of hydrogen-bond acceptors (Lipinski definition) is 3. The van der Waals surface area contributed by atoms with Crippen LogP contribution < -0.4 is 10.6 Å². The highest BCUT2D eigenvalue weighted by molar-refractivity contribution is 5.87. The second-order valence-electron chi connectivity index (χ2n) is 5.65. The van der Waals surface area contributed by atoms with E-state index in [1.54, 1.807) is 0 Å². The second kappa shape index (κ2) is 6.89. The first kappa shape index (κ1) is 14.3. The van der Waals surface area contributed by atoms with Crippen LogP contribution in [-0.2, 0) is 9.59 Å². The normalized spacial score (nSPS) is 22.9. The van der Waals surface area contributed by atoms with Crippen LogP contribution in [0.15, 0.2) is 0 Å². The van der Waals surface area contributed by atoms with Crippen LogP contribution in [0.2, 0.25) is 0 Å². The van der Waals surface area contributed by atoms with E-state index in [-0.39, 0.29) is 17.9 Å². The van der Waals surface area contributed by atoms with Crippen molar-refractivity contribution >= 4 is 11.8 Å². The molecule has 5 heteroatoms. The Balaban J connectivity index is 2.02. The number of carbonyl (C=O) groups is 2. The van der Waals surface area contributed by atoms with E-state index in [0.29, 0.717) is 5.92 Å². The topological polar surface area (TPSA) is 61.4 Å². The minimum absolute atomic E-state index is 0.0981. The molecule has 2 N–H and O–H groups in total. The highest BCUT2D eigenvalue weighted by Gasteiger charge is 2.33. The number of nitrogens with zero attached hydrogens (tertiary/aromatic N) is 1. The van der Waals surface area contributed by atoms with E-state index < -0.39 is 0 Å². The molecule has 108 valence electrons. The number of hydrogen-bond donors (Lipinski definition) is 2. The van der Waals surface area contributed by atoms with E-state index >= 15 is 0 Å². The first-order valence-corrected chi connectivity index (χ1v) is 7.45. The highest BCUT2D eigenvalue weighted by atomic mass is 16.2. The minimum Gasteiger partial charge on any atom is -0.344 e. The van der Waals surface area contributed by atoms with Crippen molar-refractivity contribution in [2.24, 2.45) is 5.92 Å². The van der Waals surface area contributed by atoms with Gasteiger partial charge in [-0.15, -0.1) is 0 Å². The average Bonchev–Trinajstić information content (AvgIpc) is 2.46. The van der Waals surface area contributed by atoms with Crippen molar-refractivity contribution in [2.45, 2.75) is 45.1 Å². The lowest BCUT2D eigenvalue weighted by Crippen LogP contribution is -2.56. The fourth-order valence-corrected chi connectivity index (χ4v) is 3.15. The summed E-state index contributed by atoms with van der Waals surface area (Å²) in [6.45, 7) is 4.70. The van der Waals surface area contributed by atoms with E-state index in [2.05, 4.69) is 10.6 Å². The molecule has 0 aromatic heterocycles. The molecular weight excluding hydrogens is 242 g/mol. The van der Waals surface area contributed by atoms with Gasteiger partial charge in [-0.25, -0.2) is 0 Å². The predicted octanol–water partition coefficient (Wildman–Crippen LogP) is 0.503. The van der Waals surface area contributed by atoms with E-state index in [9.17, 15) is 9.59 Å². The number of piperazine rings is 1. The third-order valence-electron chi connectivity index (χ3n) is 4.17. The zero-order valence-electron chi connectivity index (χ0n) is 11.8. The Kier molecular flexibility index (Phi) is 5.19. The Hall–Kier alpha value is -1.10. The predicted molar refractivity (Wildman–Crippen MR) is 73.6 cm³/mol. The first-order valence-electron chi connectivity index (χ1n) is 7.45. The summed E-state index contributed by atoms with van der Waals surface area (Å²) in [5.41, 5.74) is 0. The van der Waals surface area contributed by atoms with E-state index in [4.69, 9.17) is 0 Å². The maximum absolute atomic E-state index is 12.6. The van der Waals surface area contributed by atoms with Crippen molar-refractivity contribution in [1.82, 2.24) is 15.5 Å². The van der Waals surface area contributed by atoms with Gasteiger partial charge in [-0.1, -0.05) is 19.3 Å². The zero-order valence-corrected chi connectivity index (χ0v) is 11.8. The molecule has 5 nitrogen and oxygen atoms in total. The third-order valence-corrected chi connectivity index (χ3v) is 4.17. The molecule has 0 aromatic carbocycles.